The molecular weight excluding hydrogens is 300 g/mol. The number of thiazole rings is 1. The van der Waals surface area contributed by atoms with Crippen LogP contribution in [0.15, 0.2) is 28.9 Å². The van der Waals surface area contributed by atoms with Crippen LogP contribution in [0.4, 0.5) is 0 Å². The van der Waals surface area contributed by atoms with Crippen LogP contribution in [-0.2, 0) is 0 Å². The molecule has 0 aliphatic heterocycles. The molecule has 0 bridgehead atoms. The highest BCUT2D eigenvalue weighted by Crippen LogP contribution is 2.32. The quantitative estimate of drug-likeness (QED) is 0.946. The van der Waals surface area contributed by atoms with Gasteiger partial charge in [0, 0.05) is 21.1 Å². The Morgan fingerprint density at radius 1 is 1.47 bits per heavy atom. The number of ether oxygens (including phenoxy) is 1. The van der Waals surface area contributed by atoms with E-state index >= 15 is 0 Å². The van der Waals surface area contributed by atoms with Crippen molar-refractivity contribution in [2.45, 2.75) is 13.0 Å². The molecule has 1 atom stereocenters. The minimum atomic E-state index is -0.249. The van der Waals surface area contributed by atoms with Crippen molar-refractivity contribution < 1.29 is 4.74 Å². The van der Waals surface area contributed by atoms with Gasteiger partial charge in [0.1, 0.15) is 10.8 Å². The minimum Gasteiger partial charge on any atom is -0.496 e. The zero-order valence-electron chi connectivity index (χ0n) is 9.61. The van der Waals surface area contributed by atoms with Gasteiger partial charge >= 0.3 is 0 Å². The standard InChI is InChI=1S/C12H13BrN2OS/c1-7-6-15-12(17-7)11(14)9-5-8(13)3-4-10(9)16-2/h3-6,11H,14H2,1-2H3. The molecule has 0 aliphatic carbocycles. The van der Waals surface area contributed by atoms with Crippen LogP contribution in [0.3, 0.4) is 0 Å². The van der Waals surface area contributed by atoms with Crippen molar-refractivity contribution in [3.05, 3.63) is 44.3 Å². The number of nitrogens with two attached hydrogens (primary N) is 1. The van der Waals surface area contributed by atoms with E-state index in [9.17, 15) is 0 Å². The number of nitrogens with zero attached hydrogens (tertiary/aromatic N) is 1. The fraction of sp³-hybridized carbons (Fsp3) is 0.250. The van der Waals surface area contributed by atoms with E-state index in [1.54, 1.807) is 18.4 Å². The molecule has 2 N–H and O–H groups in total. The molecule has 1 aromatic heterocycles. The van der Waals surface area contributed by atoms with Gasteiger partial charge in [-0.15, -0.1) is 11.3 Å². The van der Waals surface area contributed by atoms with Crippen molar-refractivity contribution in [3.8, 4) is 5.75 Å². The Labute approximate surface area is 113 Å². The maximum atomic E-state index is 6.22. The number of benzene rings is 1. The average molecular weight is 313 g/mol. The molecule has 5 heteroatoms. The molecule has 0 saturated carbocycles. The monoisotopic (exact) mass is 312 g/mol. The number of methoxy groups -OCH3 is 1. The Bertz CT molecular complexity index is 527. The third-order valence-corrected chi connectivity index (χ3v) is 3.92. The number of rotatable bonds is 3. The van der Waals surface area contributed by atoms with Gasteiger partial charge in [0.05, 0.1) is 13.2 Å². The number of hydrogen-bond donors (Lipinski definition) is 1. The summed E-state index contributed by atoms with van der Waals surface area (Å²) in [6.45, 7) is 2.02. The third-order valence-electron chi connectivity index (χ3n) is 2.43. The lowest BCUT2D eigenvalue weighted by Gasteiger charge is -2.14. The highest BCUT2D eigenvalue weighted by molar-refractivity contribution is 9.10. The van der Waals surface area contributed by atoms with Crippen LogP contribution in [0.5, 0.6) is 5.75 Å². The second-order valence-electron chi connectivity index (χ2n) is 3.67. The smallest absolute Gasteiger partial charge is 0.124 e. The van der Waals surface area contributed by atoms with Crippen molar-refractivity contribution in [1.82, 2.24) is 4.98 Å². The summed E-state index contributed by atoms with van der Waals surface area (Å²) in [6.07, 6.45) is 1.84. The Kier molecular flexibility index (Phi) is 3.81. The van der Waals surface area contributed by atoms with Crippen molar-refractivity contribution in [2.24, 2.45) is 5.73 Å². The lowest BCUT2D eigenvalue weighted by Crippen LogP contribution is -2.12. The molecule has 1 aromatic carbocycles. The molecule has 2 rings (SSSR count). The maximum Gasteiger partial charge on any atom is 0.124 e. The largest absolute Gasteiger partial charge is 0.496 e. The predicted octanol–water partition coefficient (Wildman–Crippen LogP) is 3.27. The van der Waals surface area contributed by atoms with E-state index in [2.05, 4.69) is 20.9 Å². The minimum absolute atomic E-state index is 0.249. The second kappa shape index (κ2) is 5.16. The van der Waals surface area contributed by atoms with Crippen molar-refractivity contribution >= 4 is 27.3 Å². The van der Waals surface area contributed by atoms with Crippen LogP contribution in [0.2, 0.25) is 0 Å². The van der Waals surface area contributed by atoms with Gasteiger partial charge in [-0.1, -0.05) is 15.9 Å². The Hall–Kier alpha value is -0.910. The summed E-state index contributed by atoms with van der Waals surface area (Å²) in [5.74, 6) is 0.786. The van der Waals surface area contributed by atoms with Gasteiger partial charge < -0.3 is 10.5 Å². The highest BCUT2D eigenvalue weighted by atomic mass is 79.9. The lowest BCUT2D eigenvalue weighted by molar-refractivity contribution is 0.407. The third kappa shape index (κ3) is 2.68. The topological polar surface area (TPSA) is 48.1 Å². The van der Waals surface area contributed by atoms with Gasteiger partial charge in [-0.25, -0.2) is 4.98 Å². The summed E-state index contributed by atoms with van der Waals surface area (Å²) in [7, 11) is 1.65. The maximum absolute atomic E-state index is 6.22. The first-order chi connectivity index (χ1) is 8.11. The predicted molar refractivity (Wildman–Crippen MR) is 73.6 cm³/mol. The SMILES string of the molecule is COc1ccc(Br)cc1C(N)c1ncc(C)s1. The van der Waals surface area contributed by atoms with Crippen LogP contribution in [0.1, 0.15) is 21.5 Å². The zero-order valence-corrected chi connectivity index (χ0v) is 12.0. The van der Waals surface area contributed by atoms with Crippen molar-refractivity contribution in [1.29, 1.82) is 0 Å². The lowest BCUT2D eigenvalue weighted by atomic mass is 10.1. The van der Waals surface area contributed by atoms with E-state index in [0.717, 1.165) is 25.7 Å². The van der Waals surface area contributed by atoms with E-state index in [4.69, 9.17) is 10.5 Å². The first-order valence-corrected chi connectivity index (χ1v) is 6.74. The number of halogens is 1. The molecule has 3 nitrogen and oxygen atoms in total. The van der Waals surface area contributed by atoms with Gasteiger partial charge in [-0.05, 0) is 25.1 Å². The number of hydrogen-bond acceptors (Lipinski definition) is 4. The van der Waals surface area contributed by atoms with Crippen molar-refractivity contribution in [3.63, 3.8) is 0 Å². The number of aromatic nitrogens is 1. The van der Waals surface area contributed by atoms with Crippen LogP contribution in [0, 0.1) is 6.92 Å². The molecule has 90 valence electrons. The second-order valence-corrected chi connectivity index (χ2v) is 5.86. The Morgan fingerprint density at radius 3 is 2.82 bits per heavy atom. The molecule has 2 aromatic rings. The van der Waals surface area contributed by atoms with E-state index in [1.807, 2.05) is 31.3 Å². The summed E-state index contributed by atoms with van der Waals surface area (Å²) in [4.78, 5) is 5.48. The molecule has 1 unspecified atom stereocenters. The van der Waals surface area contributed by atoms with Crippen molar-refractivity contribution in [2.75, 3.05) is 7.11 Å². The fourth-order valence-corrected chi connectivity index (χ4v) is 2.77. The van der Waals surface area contributed by atoms with Crippen LogP contribution < -0.4 is 10.5 Å². The molecule has 0 fully saturated rings. The van der Waals surface area contributed by atoms with E-state index < -0.39 is 0 Å². The van der Waals surface area contributed by atoms with Gasteiger partial charge in [0.2, 0.25) is 0 Å². The Balaban J connectivity index is 2.42. The van der Waals surface area contributed by atoms with Gasteiger partial charge in [-0.2, -0.15) is 0 Å². The van der Waals surface area contributed by atoms with Gasteiger partial charge in [0.25, 0.3) is 0 Å². The van der Waals surface area contributed by atoms with Gasteiger partial charge in [0.15, 0.2) is 0 Å². The Morgan fingerprint density at radius 2 is 2.24 bits per heavy atom. The fourth-order valence-electron chi connectivity index (χ4n) is 1.60. The summed E-state index contributed by atoms with van der Waals surface area (Å²) >= 11 is 5.05. The molecule has 0 spiro atoms. The van der Waals surface area contributed by atoms with Crippen LogP contribution >= 0.6 is 27.3 Å². The van der Waals surface area contributed by atoms with E-state index in [0.29, 0.717) is 0 Å². The summed E-state index contributed by atoms with van der Waals surface area (Å²) in [5.41, 5.74) is 7.16. The van der Waals surface area contributed by atoms with E-state index in [-0.39, 0.29) is 6.04 Å². The molecular formula is C12H13BrN2OS. The van der Waals surface area contributed by atoms with Crippen LogP contribution in [0.25, 0.3) is 0 Å². The number of aryl methyl sites for hydroxylation is 1. The molecule has 0 amide bonds. The molecule has 17 heavy (non-hydrogen) atoms. The van der Waals surface area contributed by atoms with E-state index in [1.165, 1.54) is 0 Å². The zero-order chi connectivity index (χ0) is 12.4. The summed E-state index contributed by atoms with van der Waals surface area (Å²) in [6, 6.07) is 5.56. The molecule has 1 heterocycles. The summed E-state index contributed by atoms with van der Waals surface area (Å²) < 4.78 is 6.31. The summed E-state index contributed by atoms with van der Waals surface area (Å²) in [5, 5.41) is 0.902. The molecule has 0 saturated heterocycles. The van der Waals surface area contributed by atoms with Crippen LogP contribution in [-0.4, -0.2) is 12.1 Å². The highest BCUT2D eigenvalue weighted by Gasteiger charge is 2.17. The average Bonchev–Trinajstić information content (AvgIpc) is 2.75. The normalized spacial score (nSPS) is 12.5. The first kappa shape index (κ1) is 12.5. The molecule has 0 aliphatic rings. The first-order valence-electron chi connectivity index (χ1n) is 5.13. The molecule has 0 radical (unpaired) electrons. The van der Waals surface area contributed by atoms with Gasteiger partial charge in [-0.3, -0.25) is 0 Å².